The van der Waals surface area contributed by atoms with Crippen molar-refractivity contribution >= 4 is 17.2 Å². The van der Waals surface area contributed by atoms with Crippen LogP contribution in [0.5, 0.6) is 0 Å². The largest absolute Gasteiger partial charge is 0.342 e. The maximum Gasteiger partial charge on any atom is 0.247 e. The Balaban J connectivity index is 1.58. The number of aromatic nitrogens is 5. The third-order valence-electron chi connectivity index (χ3n) is 4.03. The number of nitrogens with zero attached hydrogens (tertiary/aromatic N) is 5. The smallest absolute Gasteiger partial charge is 0.247 e. The molecule has 0 aliphatic heterocycles. The van der Waals surface area contributed by atoms with Crippen LogP contribution >= 0.6 is 0 Å². The van der Waals surface area contributed by atoms with Crippen LogP contribution in [0.2, 0.25) is 0 Å². The maximum absolute atomic E-state index is 12.9. The van der Waals surface area contributed by atoms with Gasteiger partial charge in [0.15, 0.2) is 5.65 Å². The van der Waals surface area contributed by atoms with E-state index in [0.717, 1.165) is 5.56 Å². The Kier molecular flexibility index (Phi) is 3.96. The van der Waals surface area contributed by atoms with Gasteiger partial charge in [-0.3, -0.25) is 4.79 Å². The highest BCUT2D eigenvalue weighted by Gasteiger charge is 2.20. The summed E-state index contributed by atoms with van der Waals surface area (Å²) in [5.74, 6) is -0.0862. The van der Waals surface area contributed by atoms with Crippen molar-refractivity contribution in [2.75, 3.05) is 5.32 Å². The minimum absolute atomic E-state index is 0.0862. The number of hydrogen-bond acceptors (Lipinski definition) is 4. The minimum Gasteiger partial charge on any atom is -0.342 e. The lowest BCUT2D eigenvalue weighted by molar-refractivity contribution is -0.119. The fraction of sp³-hybridized carbons (Fsp3) is 0.111. The van der Waals surface area contributed by atoms with Gasteiger partial charge in [0.2, 0.25) is 5.91 Å². The molecule has 3 heterocycles. The number of carbonyl (C=O) groups excluding carboxylic acids is 1. The van der Waals surface area contributed by atoms with E-state index in [0.29, 0.717) is 17.8 Å². The molecule has 0 spiro atoms. The molecule has 7 nitrogen and oxygen atoms in total. The molecule has 0 radical (unpaired) electrons. The van der Waals surface area contributed by atoms with Crippen molar-refractivity contribution in [3.05, 3.63) is 78.8 Å². The molecule has 1 aromatic carbocycles. The van der Waals surface area contributed by atoms with E-state index < -0.39 is 0 Å². The number of amides is 1. The second kappa shape index (κ2) is 6.56. The third-order valence-corrected chi connectivity index (χ3v) is 4.03. The first-order valence-electron chi connectivity index (χ1n) is 7.94. The number of pyridine rings is 1. The third kappa shape index (κ3) is 3.25. The molecule has 4 aromatic rings. The fourth-order valence-electron chi connectivity index (χ4n) is 2.77. The van der Waals surface area contributed by atoms with Gasteiger partial charge in [0.05, 0.1) is 0 Å². The van der Waals surface area contributed by atoms with Crippen LogP contribution in [0.25, 0.3) is 5.65 Å². The summed E-state index contributed by atoms with van der Waals surface area (Å²) in [5.41, 5.74) is 2.35. The summed E-state index contributed by atoms with van der Waals surface area (Å²) in [4.78, 5) is 12.9. The molecule has 0 unspecified atom stereocenters. The van der Waals surface area contributed by atoms with Crippen LogP contribution in [0, 0.1) is 0 Å². The zero-order valence-electron chi connectivity index (χ0n) is 13.4. The molecular formula is C18H16N6O. The molecule has 1 amide bonds. The van der Waals surface area contributed by atoms with E-state index in [4.69, 9.17) is 0 Å². The minimum atomic E-state index is -0.343. The molecule has 7 heteroatoms. The highest BCUT2D eigenvalue weighted by molar-refractivity contribution is 5.94. The predicted octanol–water partition coefficient (Wildman–Crippen LogP) is 2.35. The van der Waals surface area contributed by atoms with Crippen molar-refractivity contribution in [1.29, 1.82) is 0 Å². The fourth-order valence-corrected chi connectivity index (χ4v) is 2.77. The zero-order valence-corrected chi connectivity index (χ0v) is 13.4. The number of benzene rings is 1. The Morgan fingerprint density at radius 2 is 1.84 bits per heavy atom. The summed E-state index contributed by atoms with van der Waals surface area (Å²) in [6.45, 7) is 0. The highest BCUT2D eigenvalue weighted by Crippen LogP contribution is 2.18. The van der Waals surface area contributed by atoms with Crippen molar-refractivity contribution in [2.24, 2.45) is 0 Å². The molecular weight excluding hydrogens is 316 g/mol. The molecule has 4 rings (SSSR count). The van der Waals surface area contributed by atoms with E-state index >= 15 is 0 Å². The van der Waals surface area contributed by atoms with Crippen molar-refractivity contribution < 1.29 is 4.79 Å². The number of rotatable bonds is 5. The normalized spacial score (nSPS) is 12.2. The Bertz CT molecular complexity index is 977. The van der Waals surface area contributed by atoms with Gasteiger partial charge in [-0.1, -0.05) is 30.3 Å². The van der Waals surface area contributed by atoms with Crippen molar-refractivity contribution in [3.63, 3.8) is 0 Å². The van der Waals surface area contributed by atoms with Crippen molar-refractivity contribution in [1.82, 2.24) is 24.6 Å². The Morgan fingerprint density at radius 3 is 2.64 bits per heavy atom. The predicted molar refractivity (Wildman–Crippen MR) is 93.0 cm³/mol. The molecule has 0 fully saturated rings. The van der Waals surface area contributed by atoms with Crippen molar-refractivity contribution in [2.45, 2.75) is 12.5 Å². The zero-order chi connectivity index (χ0) is 17.1. The molecule has 3 aromatic heterocycles. The second-order valence-corrected chi connectivity index (χ2v) is 5.72. The summed E-state index contributed by atoms with van der Waals surface area (Å²) >= 11 is 0. The first-order valence-corrected chi connectivity index (χ1v) is 7.94. The molecule has 0 saturated carbocycles. The van der Waals surface area contributed by atoms with Crippen LogP contribution in [0.4, 0.5) is 5.69 Å². The summed E-state index contributed by atoms with van der Waals surface area (Å²) in [7, 11) is 0. The molecule has 0 saturated heterocycles. The topological polar surface area (TPSA) is 77.1 Å². The quantitative estimate of drug-likeness (QED) is 0.608. The highest BCUT2D eigenvalue weighted by atomic mass is 16.2. The van der Waals surface area contributed by atoms with E-state index in [1.165, 1.54) is 0 Å². The van der Waals surface area contributed by atoms with Crippen LogP contribution in [0.15, 0.2) is 73.2 Å². The Morgan fingerprint density at radius 1 is 1.04 bits per heavy atom. The van der Waals surface area contributed by atoms with Crippen LogP contribution in [0.3, 0.4) is 0 Å². The van der Waals surface area contributed by atoms with Gasteiger partial charge in [0.25, 0.3) is 0 Å². The Hall–Kier alpha value is -3.48. The van der Waals surface area contributed by atoms with E-state index in [9.17, 15) is 4.79 Å². The average Bonchev–Trinajstić information content (AvgIpc) is 3.31. The van der Waals surface area contributed by atoms with Crippen LogP contribution < -0.4 is 5.32 Å². The van der Waals surface area contributed by atoms with Gasteiger partial charge in [0.1, 0.15) is 6.04 Å². The van der Waals surface area contributed by atoms with Gasteiger partial charge < -0.3 is 9.88 Å². The first-order chi connectivity index (χ1) is 12.3. The van der Waals surface area contributed by atoms with Gasteiger partial charge in [0, 0.05) is 36.8 Å². The average molecular weight is 332 g/mol. The molecule has 1 atom stereocenters. The molecule has 1 N–H and O–H groups in total. The lowest BCUT2D eigenvalue weighted by atomic mass is 10.1. The van der Waals surface area contributed by atoms with Gasteiger partial charge >= 0.3 is 0 Å². The molecule has 0 aliphatic carbocycles. The summed E-state index contributed by atoms with van der Waals surface area (Å²) in [6.07, 6.45) is 6.13. The van der Waals surface area contributed by atoms with E-state index in [2.05, 4.69) is 20.8 Å². The molecule has 25 heavy (non-hydrogen) atoms. The number of anilines is 1. The SMILES string of the molecule is O=C(Nc1ccn2nnnc2c1)[C@H](Cc1ccccc1)n1cccc1. The molecule has 0 bridgehead atoms. The number of carbonyl (C=O) groups is 1. The lowest BCUT2D eigenvalue weighted by Gasteiger charge is -2.19. The van der Waals surface area contributed by atoms with Gasteiger partial charge in [-0.05, 0) is 34.2 Å². The van der Waals surface area contributed by atoms with Gasteiger partial charge in [-0.25, -0.2) is 4.52 Å². The number of fused-ring (bicyclic) bond motifs is 1. The Labute approximate surface area is 143 Å². The van der Waals surface area contributed by atoms with E-state index in [1.54, 1.807) is 22.8 Å². The van der Waals surface area contributed by atoms with Crippen LogP contribution in [0.1, 0.15) is 11.6 Å². The van der Waals surface area contributed by atoms with Crippen LogP contribution in [-0.4, -0.2) is 30.5 Å². The summed E-state index contributed by atoms with van der Waals surface area (Å²) < 4.78 is 3.46. The maximum atomic E-state index is 12.9. The number of hydrogen-bond donors (Lipinski definition) is 1. The van der Waals surface area contributed by atoms with E-state index in [1.807, 2.05) is 59.4 Å². The monoisotopic (exact) mass is 332 g/mol. The summed E-state index contributed by atoms with van der Waals surface area (Å²) in [5, 5.41) is 14.3. The molecule has 124 valence electrons. The van der Waals surface area contributed by atoms with E-state index in [-0.39, 0.29) is 11.9 Å². The molecule has 0 aliphatic rings. The van der Waals surface area contributed by atoms with Gasteiger partial charge in [-0.15, -0.1) is 5.10 Å². The van der Waals surface area contributed by atoms with Crippen molar-refractivity contribution in [3.8, 4) is 0 Å². The first kappa shape index (κ1) is 15.1. The lowest BCUT2D eigenvalue weighted by Crippen LogP contribution is -2.27. The number of tetrazole rings is 1. The van der Waals surface area contributed by atoms with Gasteiger partial charge in [-0.2, -0.15) is 0 Å². The standard InChI is InChI=1S/C18H16N6O/c25-18(19-15-8-11-24-17(13-15)20-21-22-24)16(23-9-4-5-10-23)12-14-6-2-1-3-7-14/h1-11,13,16H,12H2,(H,19,25)/t16-/m0/s1. The number of nitrogens with one attached hydrogen (secondary N) is 1. The van der Waals surface area contributed by atoms with Crippen LogP contribution in [-0.2, 0) is 11.2 Å². The summed E-state index contributed by atoms with van der Waals surface area (Å²) in [6, 6.07) is 17.0. The second-order valence-electron chi connectivity index (χ2n) is 5.72.